The van der Waals surface area contributed by atoms with Gasteiger partial charge in [0.05, 0.1) is 23.2 Å². The van der Waals surface area contributed by atoms with Crippen molar-refractivity contribution in [1.29, 1.82) is 5.26 Å². The number of imidazole rings is 1. The molecule has 0 aliphatic rings. The first kappa shape index (κ1) is 17.1. The van der Waals surface area contributed by atoms with Crippen LogP contribution in [0, 0.1) is 18.3 Å². The Morgan fingerprint density at radius 3 is 2.92 bits per heavy atom. The molecule has 0 saturated heterocycles. The molecule has 0 fully saturated rings. The minimum atomic E-state index is 0.0450. The predicted octanol–water partition coefficient (Wildman–Crippen LogP) is 4.80. The minimum absolute atomic E-state index is 0.0450. The second-order valence-corrected chi connectivity index (χ2v) is 6.40. The van der Waals surface area contributed by atoms with E-state index >= 15 is 0 Å². The minimum Gasteiger partial charge on any atom is -0.504 e. The first-order valence-corrected chi connectivity index (χ1v) is 8.55. The van der Waals surface area contributed by atoms with Crippen molar-refractivity contribution in [2.75, 3.05) is 6.61 Å². The van der Waals surface area contributed by atoms with Gasteiger partial charge in [-0.25, -0.2) is 4.98 Å². The molecule has 6 heteroatoms. The normalized spacial score (nSPS) is 11.5. The number of hydrogen-bond acceptors (Lipinski definition) is 4. The van der Waals surface area contributed by atoms with E-state index in [1.807, 2.05) is 32.0 Å². The summed E-state index contributed by atoms with van der Waals surface area (Å²) in [5.41, 5.74) is 3.92. The van der Waals surface area contributed by atoms with Gasteiger partial charge in [0, 0.05) is 4.47 Å². The summed E-state index contributed by atoms with van der Waals surface area (Å²) in [6.45, 7) is 4.28. The van der Waals surface area contributed by atoms with E-state index < -0.39 is 0 Å². The van der Waals surface area contributed by atoms with Gasteiger partial charge in [0.2, 0.25) is 0 Å². The first-order chi connectivity index (χ1) is 12.0. The van der Waals surface area contributed by atoms with Crippen molar-refractivity contribution in [3.05, 3.63) is 51.8 Å². The molecule has 0 bridgehead atoms. The number of allylic oxidation sites excluding steroid dienone is 1. The summed E-state index contributed by atoms with van der Waals surface area (Å²) >= 11 is 3.41. The number of aromatic nitrogens is 2. The lowest BCUT2D eigenvalue weighted by molar-refractivity contribution is 0.318. The fourth-order valence-corrected chi connectivity index (χ4v) is 2.95. The lowest BCUT2D eigenvalue weighted by Crippen LogP contribution is -1.93. The summed E-state index contributed by atoms with van der Waals surface area (Å²) in [6.07, 6.45) is 1.70. The molecule has 0 aliphatic heterocycles. The standard InChI is InChI=1S/C19H16BrN3O2/c1-3-25-18-8-12(14(20)9-17(18)24)7-13(10-21)19-22-15-5-4-11(2)6-16(15)23-19/h4-9,24H,3H2,1-2H3,(H,22,23). The third-order valence-electron chi connectivity index (χ3n) is 3.69. The molecule has 0 spiro atoms. The van der Waals surface area contributed by atoms with E-state index in [1.165, 1.54) is 0 Å². The zero-order valence-electron chi connectivity index (χ0n) is 13.8. The van der Waals surface area contributed by atoms with Crippen LogP contribution in [0.3, 0.4) is 0 Å². The van der Waals surface area contributed by atoms with E-state index in [-0.39, 0.29) is 5.75 Å². The van der Waals surface area contributed by atoms with Crippen molar-refractivity contribution in [2.24, 2.45) is 0 Å². The van der Waals surface area contributed by atoms with Crippen LogP contribution in [0.4, 0.5) is 0 Å². The number of H-pyrrole nitrogens is 1. The predicted molar refractivity (Wildman–Crippen MR) is 101 cm³/mol. The number of ether oxygens (including phenoxy) is 1. The third kappa shape index (κ3) is 3.52. The zero-order valence-corrected chi connectivity index (χ0v) is 15.4. The number of halogens is 1. The number of nitrogens with zero attached hydrogens (tertiary/aromatic N) is 2. The van der Waals surface area contributed by atoms with E-state index in [2.05, 4.69) is 32.0 Å². The van der Waals surface area contributed by atoms with Gasteiger partial charge < -0.3 is 14.8 Å². The van der Waals surface area contributed by atoms with Crippen LogP contribution in [0.25, 0.3) is 22.7 Å². The number of nitrogens with one attached hydrogen (secondary N) is 1. The summed E-state index contributed by atoms with van der Waals surface area (Å²) in [6, 6.07) is 11.3. The van der Waals surface area contributed by atoms with E-state index in [9.17, 15) is 10.4 Å². The number of aromatic hydroxyl groups is 1. The average molecular weight is 398 g/mol. The topological polar surface area (TPSA) is 81.9 Å². The molecule has 3 aromatic rings. The van der Waals surface area contributed by atoms with Gasteiger partial charge in [-0.05, 0) is 55.3 Å². The molecular formula is C19H16BrN3O2. The van der Waals surface area contributed by atoms with E-state index in [0.717, 1.165) is 22.2 Å². The van der Waals surface area contributed by atoms with Crippen LogP contribution in [-0.4, -0.2) is 21.7 Å². The van der Waals surface area contributed by atoms with Crippen molar-refractivity contribution in [3.8, 4) is 17.6 Å². The van der Waals surface area contributed by atoms with Gasteiger partial charge in [-0.3, -0.25) is 0 Å². The molecule has 2 N–H and O–H groups in total. The molecule has 0 aliphatic carbocycles. The van der Waals surface area contributed by atoms with Crippen LogP contribution in [0.15, 0.2) is 34.8 Å². The Morgan fingerprint density at radius 1 is 1.40 bits per heavy atom. The lowest BCUT2D eigenvalue weighted by atomic mass is 10.1. The van der Waals surface area contributed by atoms with Crippen molar-refractivity contribution in [1.82, 2.24) is 9.97 Å². The van der Waals surface area contributed by atoms with Gasteiger partial charge in [-0.15, -0.1) is 0 Å². The summed E-state index contributed by atoms with van der Waals surface area (Å²) in [7, 11) is 0. The van der Waals surface area contributed by atoms with Gasteiger partial charge in [0.25, 0.3) is 0 Å². The summed E-state index contributed by atoms with van der Waals surface area (Å²) < 4.78 is 6.07. The molecule has 1 heterocycles. The molecule has 2 aromatic carbocycles. The van der Waals surface area contributed by atoms with Gasteiger partial charge in [-0.1, -0.05) is 22.0 Å². The Morgan fingerprint density at radius 2 is 2.20 bits per heavy atom. The van der Waals surface area contributed by atoms with Crippen LogP contribution >= 0.6 is 15.9 Å². The highest BCUT2D eigenvalue weighted by molar-refractivity contribution is 9.10. The average Bonchev–Trinajstić information content (AvgIpc) is 2.99. The Kier molecular flexibility index (Phi) is 4.77. The Balaban J connectivity index is 2.08. The highest BCUT2D eigenvalue weighted by Gasteiger charge is 2.12. The van der Waals surface area contributed by atoms with Crippen molar-refractivity contribution >= 4 is 38.6 Å². The maximum Gasteiger partial charge on any atom is 0.161 e. The van der Waals surface area contributed by atoms with E-state index in [0.29, 0.717) is 28.2 Å². The third-order valence-corrected chi connectivity index (χ3v) is 4.38. The highest BCUT2D eigenvalue weighted by atomic mass is 79.9. The summed E-state index contributed by atoms with van der Waals surface area (Å²) in [5, 5.41) is 19.5. The molecule has 25 heavy (non-hydrogen) atoms. The van der Waals surface area contributed by atoms with Gasteiger partial charge in [0.15, 0.2) is 11.5 Å². The Hall–Kier alpha value is -2.78. The lowest BCUT2D eigenvalue weighted by Gasteiger charge is -2.08. The van der Waals surface area contributed by atoms with Crippen LogP contribution < -0.4 is 4.74 Å². The van der Waals surface area contributed by atoms with E-state index in [1.54, 1.807) is 18.2 Å². The van der Waals surface area contributed by atoms with Gasteiger partial charge in [0.1, 0.15) is 11.9 Å². The summed E-state index contributed by atoms with van der Waals surface area (Å²) in [5.74, 6) is 0.916. The van der Waals surface area contributed by atoms with Crippen LogP contribution in [0.5, 0.6) is 11.5 Å². The van der Waals surface area contributed by atoms with Crippen molar-refractivity contribution in [2.45, 2.75) is 13.8 Å². The molecule has 0 saturated carbocycles. The molecule has 0 radical (unpaired) electrons. The molecule has 0 amide bonds. The fraction of sp³-hybridized carbons (Fsp3) is 0.158. The maximum absolute atomic E-state index is 9.92. The number of fused-ring (bicyclic) bond motifs is 1. The van der Waals surface area contributed by atoms with Crippen LogP contribution in [-0.2, 0) is 0 Å². The molecule has 5 nitrogen and oxygen atoms in total. The number of aromatic amines is 1. The molecule has 126 valence electrons. The van der Waals surface area contributed by atoms with Crippen LogP contribution in [0.2, 0.25) is 0 Å². The number of hydrogen-bond donors (Lipinski definition) is 2. The largest absolute Gasteiger partial charge is 0.504 e. The number of aryl methyl sites for hydroxylation is 1. The quantitative estimate of drug-likeness (QED) is 0.619. The SMILES string of the molecule is CCOc1cc(C=C(C#N)c2nc3ccc(C)cc3[nH]2)c(Br)cc1O. The first-order valence-electron chi connectivity index (χ1n) is 7.75. The molecule has 0 unspecified atom stereocenters. The van der Waals surface area contributed by atoms with Gasteiger partial charge >= 0.3 is 0 Å². The highest BCUT2D eigenvalue weighted by Crippen LogP contribution is 2.34. The smallest absolute Gasteiger partial charge is 0.161 e. The molecular weight excluding hydrogens is 382 g/mol. The fourth-order valence-electron chi connectivity index (χ4n) is 2.50. The van der Waals surface area contributed by atoms with Crippen molar-refractivity contribution in [3.63, 3.8) is 0 Å². The number of phenols is 1. The number of benzene rings is 2. The van der Waals surface area contributed by atoms with Crippen molar-refractivity contribution < 1.29 is 9.84 Å². The summed E-state index contributed by atoms with van der Waals surface area (Å²) in [4.78, 5) is 7.67. The monoisotopic (exact) mass is 397 g/mol. The van der Waals surface area contributed by atoms with Gasteiger partial charge in [-0.2, -0.15) is 5.26 Å². The molecule has 0 atom stereocenters. The maximum atomic E-state index is 9.92. The zero-order chi connectivity index (χ0) is 18.0. The number of phenolic OH excluding ortho intramolecular Hbond substituents is 1. The Bertz CT molecular complexity index is 1020. The molecule has 3 rings (SSSR count). The molecule has 1 aromatic heterocycles. The second kappa shape index (κ2) is 6.99. The number of nitriles is 1. The van der Waals surface area contributed by atoms with E-state index in [4.69, 9.17) is 4.74 Å². The Labute approximate surface area is 153 Å². The second-order valence-electron chi connectivity index (χ2n) is 5.55. The number of rotatable bonds is 4. The van der Waals surface area contributed by atoms with Crippen LogP contribution in [0.1, 0.15) is 23.9 Å².